The number of nitrogens with one attached hydrogen (secondary N) is 1. The highest BCUT2D eigenvalue weighted by Gasteiger charge is 2.09. The molecule has 94 valence electrons. The molecule has 0 atom stereocenters. The van der Waals surface area contributed by atoms with Gasteiger partial charge in [-0.05, 0) is 17.5 Å². The van der Waals surface area contributed by atoms with E-state index in [9.17, 15) is 10.1 Å². The van der Waals surface area contributed by atoms with Gasteiger partial charge in [-0.15, -0.1) is 0 Å². The SMILES string of the molecule is CC(C)CONCc1cc([N+](=O)[O-])ccc1Cl. The predicted molar refractivity (Wildman–Crippen MR) is 65.7 cm³/mol. The summed E-state index contributed by atoms with van der Waals surface area (Å²) in [5.41, 5.74) is 3.40. The maximum atomic E-state index is 10.6. The highest BCUT2D eigenvalue weighted by molar-refractivity contribution is 6.31. The quantitative estimate of drug-likeness (QED) is 0.484. The number of nitro groups is 1. The van der Waals surface area contributed by atoms with Crippen LogP contribution in [0, 0.1) is 16.0 Å². The Balaban J connectivity index is 2.57. The van der Waals surface area contributed by atoms with Crippen LogP contribution in [-0.4, -0.2) is 11.5 Å². The van der Waals surface area contributed by atoms with Crippen LogP contribution in [0.5, 0.6) is 0 Å². The zero-order chi connectivity index (χ0) is 12.8. The van der Waals surface area contributed by atoms with Crippen LogP contribution in [-0.2, 0) is 11.4 Å². The Morgan fingerprint density at radius 2 is 2.24 bits per heavy atom. The Bertz CT molecular complexity index is 396. The first-order valence-electron chi connectivity index (χ1n) is 5.28. The van der Waals surface area contributed by atoms with Gasteiger partial charge in [0.2, 0.25) is 0 Å². The molecule has 5 nitrogen and oxygen atoms in total. The number of halogens is 1. The Kier molecular flexibility index (Phi) is 5.34. The van der Waals surface area contributed by atoms with Crippen molar-refractivity contribution in [1.29, 1.82) is 0 Å². The molecule has 0 amide bonds. The molecule has 0 radical (unpaired) electrons. The number of nitrogens with zero attached hydrogens (tertiary/aromatic N) is 1. The van der Waals surface area contributed by atoms with Crippen molar-refractivity contribution in [2.75, 3.05) is 6.61 Å². The predicted octanol–water partition coefficient (Wildman–Crippen LogP) is 2.93. The lowest BCUT2D eigenvalue weighted by atomic mass is 10.2. The molecule has 1 N–H and O–H groups in total. The van der Waals surface area contributed by atoms with Gasteiger partial charge in [-0.3, -0.25) is 10.1 Å². The Hall–Kier alpha value is -1.17. The van der Waals surface area contributed by atoms with Gasteiger partial charge in [0, 0.05) is 23.7 Å². The van der Waals surface area contributed by atoms with Crippen LogP contribution in [0.2, 0.25) is 5.02 Å². The summed E-state index contributed by atoms with van der Waals surface area (Å²) in [7, 11) is 0. The fraction of sp³-hybridized carbons (Fsp3) is 0.455. The van der Waals surface area contributed by atoms with Gasteiger partial charge < -0.3 is 4.84 Å². The first-order chi connectivity index (χ1) is 8.00. The summed E-state index contributed by atoms with van der Waals surface area (Å²) in [4.78, 5) is 15.3. The van der Waals surface area contributed by atoms with E-state index < -0.39 is 4.92 Å². The van der Waals surface area contributed by atoms with Crippen molar-refractivity contribution in [3.05, 3.63) is 38.9 Å². The van der Waals surface area contributed by atoms with E-state index in [-0.39, 0.29) is 5.69 Å². The van der Waals surface area contributed by atoms with Crippen molar-refractivity contribution in [1.82, 2.24) is 5.48 Å². The summed E-state index contributed by atoms with van der Waals surface area (Å²) in [5, 5.41) is 11.1. The number of rotatable bonds is 6. The number of benzene rings is 1. The van der Waals surface area contributed by atoms with Crippen molar-refractivity contribution < 1.29 is 9.76 Å². The Labute approximate surface area is 105 Å². The Morgan fingerprint density at radius 1 is 1.53 bits per heavy atom. The molecule has 1 aromatic rings. The second-order valence-corrected chi connectivity index (χ2v) is 4.47. The summed E-state index contributed by atoms with van der Waals surface area (Å²) in [6.07, 6.45) is 0. The summed E-state index contributed by atoms with van der Waals surface area (Å²) >= 11 is 5.92. The van der Waals surface area contributed by atoms with Gasteiger partial charge in [-0.1, -0.05) is 25.4 Å². The molecule has 0 heterocycles. The lowest BCUT2D eigenvalue weighted by molar-refractivity contribution is -0.384. The van der Waals surface area contributed by atoms with Crippen LogP contribution < -0.4 is 5.48 Å². The maximum absolute atomic E-state index is 10.6. The van der Waals surface area contributed by atoms with Gasteiger partial charge in [-0.25, -0.2) is 0 Å². The number of hydrogen-bond acceptors (Lipinski definition) is 4. The van der Waals surface area contributed by atoms with Gasteiger partial charge in [0.15, 0.2) is 0 Å². The van der Waals surface area contributed by atoms with E-state index in [1.165, 1.54) is 18.2 Å². The van der Waals surface area contributed by atoms with Crippen molar-refractivity contribution in [2.24, 2.45) is 5.92 Å². The summed E-state index contributed by atoms with van der Waals surface area (Å²) in [5.74, 6) is 0.420. The third-order valence-electron chi connectivity index (χ3n) is 2.02. The van der Waals surface area contributed by atoms with Gasteiger partial charge in [0.25, 0.3) is 5.69 Å². The molecule has 1 rings (SSSR count). The van der Waals surface area contributed by atoms with E-state index in [4.69, 9.17) is 16.4 Å². The van der Waals surface area contributed by atoms with E-state index in [1.54, 1.807) is 0 Å². The third kappa shape index (κ3) is 4.68. The number of hydroxylamine groups is 1. The molecule has 0 aromatic heterocycles. The second kappa shape index (κ2) is 6.54. The highest BCUT2D eigenvalue weighted by atomic mass is 35.5. The van der Waals surface area contributed by atoms with Crippen molar-refractivity contribution in [2.45, 2.75) is 20.4 Å². The second-order valence-electron chi connectivity index (χ2n) is 4.06. The van der Waals surface area contributed by atoms with Crippen molar-refractivity contribution in [3.63, 3.8) is 0 Å². The molecule has 0 bridgehead atoms. The molecule has 0 unspecified atom stereocenters. The van der Waals surface area contributed by atoms with Crippen LogP contribution in [0.4, 0.5) is 5.69 Å². The van der Waals surface area contributed by atoms with E-state index in [0.29, 0.717) is 29.7 Å². The lowest BCUT2D eigenvalue weighted by Crippen LogP contribution is -2.17. The minimum absolute atomic E-state index is 0.0232. The molecular formula is C11H15ClN2O3. The zero-order valence-corrected chi connectivity index (χ0v) is 10.5. The smallest absolute Gasteiger partial charge is 0.269 e. The molecule has 0 aliphatic heterocycles. The van der Waals surface area contributed by atoms with Crippen LogP contribution >= 0.6 is 11.6 Å². The standard InChI is InChI=1S/C11H15ClN2O3/c1-8(2)7-17-13-6-9-5-10(14(15)16)3-4-11(9)12/h3-5,8,13H,6-7H2,1-2H3. The topological polar surface area (TPSA) is 64.4 Å². The number of hydrogen-bond donors (Lipinski definition) is 1. The van der Waals surface area contributed by atoms with Crippen molar-refractivity contribution >= 4 is 17.3 Å². The molecule has 17 heavy (non-hydrogen) atoms. The van der Waals surface area contributed by atoms with Crippen molar-refractivity contribution in [3.8, 4) is 0 Å². The van der Waals surface area contributed by atoms with Gasteiger partial charge >= 0.3 is 0 Å². The van der Waals surface area contributed by atoms with Gasteiger partial charge in [0.1, 0.15) is 0 Å². The average molecular weight is 259 g/mol. The summed E-state index contributed by atoms with van der Waals surface area (Å²) < 4.78 is 0. The van der Waals surface area contributed by atoms with E-state index in [1.807, 2.05) is 13.8 Å². The average Bonchev–Trinajstić information content (AvgIpc) is 2.25. The molecule has 0 saturated heterocycles. The lowest BCUT2D eigenvalue weighted by Gasteiger charge is -2.08. The normalized spacial score (nSPS) is 10.8. The molecule has 0 aliphatic carbocycles. The molecule has 0 aliphatic rings. The van der Waals surface area contributed by atoms with E-state index in [2.05, 4.69) is 5.48 Å². The first-order valence-corrected chi connectivity index (χ1v) is 5.66. The molecule has 1 aromatic carbocycles. The molecule has 0 fully saturated rings. The van der Waals surface area contributed by atoms with E-state index >= 15 is 0 Å². The number of non-ortho nitro benzene ring substituents is 1. The van der Waals surface area contributed by atoms with Gasteiger partial charge in [-0.2, -0.15) is 5.48 Å². The van der Waals surface area contributed by atoms with Crippen LogP contribution in [0.1, 0.15) is 19.4 Å². The fourth-order valence-electron chi connectivity index (χ4n) is 1.16. The monoisotopic (exact) mass is 258 g/mol. The highest BCUT2D eigenvalue weighted by Crippen LogP contribution is 2.21. The van der Waals surface area contributed by atoms with Crippen LogP contribution in [0.15, 0.2) is 18.2 Å². The fourth-order valence-corrected chi connectivity index (χ4v) is 1.35. The summed E-state index contributed by atoms with van der Waals surface area (Å²) in [6.45, 7) is 4.98. The third-order valence-corrected chi connectivity index (χ3v) is 2.39. The van der Waals surface area contributed by atoms with Crippen LogP contribution in [0.3, 0.4) is 0 Å². The molecule has 0 saturated carbocycles. The first kappa shape index (κ1) is 13.9. The van der Waals surface area contributed by atoms with Crippen LogP contribution in [0.25, 0.3) is 0 Å². The molecule has 6 heteroatoms. The minimum atomic E-state index is -0.450. The summed E-state index contributed by atoms with van der Waals surface area (Å²) in [6, 6.07) is 4.33. The maximum Gasteiger partial charge on any atom is 0.269 e. The number of nitro benzene ring substituents is 1. The molecular weight excluding hydrogens is 244 g/mol. The largest absolute Gasteiger partial charge is 0.301 e. The molecule has 0 spiro atoms. The van der Waals surface area contributed by atoms with Gasteiger partial charge in [0.05, 0.1) is 11.5 Å². The Morgan fingerprint density at radius 3 is 2.82 bits per heavy atom. The zero-order valence-electron chi connectivity index (χ0n) is 9.77. The van der Waals surface area contributed by atoms with E-state index in [0.717, 1.165) is 0 Å². The minimum Gasteiger partial charge on any atom is -0.301 e.